The zero-order chi connectivity index (χ0) is 45.5. The zero-order valence-electron chi connectivity index (χ0n) is 36.8. The molecular weight excluding hydrogens is 832 g/mol. The van der Waals surface area contributed by atoms with E-state index in [1.807, 2.05) is 0 Å². The molecule has 4 saturated heterocycles. The van der Waals surface area contributed by atoms with Gasteiger partial charge in [-0.05, 0) is 105 Å². The summed E-state index contributed by atoms with van der Waals surface area (Å²) in [5.41, 5.74) is 0.0518. The molecule has 0 aromatic rings. The lowest BCUT2D eigenvalue weighted by molar-refractivity contribution is -0.364. The highest BCUT2D eigenvalue weighted by Crippen LogP contribution is 2.71. The third-order valence-corrected chi connectivity index (χ3v) is 17.7. The third kappa shape index (κ3) is 8.48. The van der Waals surface area contributed by atoms with Crippen LogP contribution in [0.4, 0.5) is 0 Å². The molecule has 4 heterocycles. The van der Waals surface area contributed by atoms with Crippen LogP contribution in [0.2, 0.25) is 0 Å². The van der Waals surface area contributed by atoms with Crippen LogP contribution in [-0.4, -0.2) is 197 Å². The fourth-order valence-corrected chi connectivity index (χ4v) is 14.1. The second-order valence-electron chi connectivity index (χ2n) is 21.0. The molecule has 27 atom stereocenters. The van der Waals surface area contributed by atoms with Crippen LogP contribution >= 0.6 is 0 Å². The maximum Gasteiger partial charge on any atom is 0.187 e. The zero-order valence-corrected chi connectivity index (χ0v) is 36.8. The van der Waals surface area contributed by atoms with Crippen molar-refractivity contribution in [3.8, 4) is 0 Å². The van der Waals surface area contributed by atoms with Gasteiger partial charge in [0.25, 0.3) is 0 Å². The number of aliphatic hydroxyl groups excluding tert-OH is 11. The quantitative estimate of drug-likeness (QED) is 0.0941. The summed E-state index contributed by atoms with van der Waals surface area (Å²) in [6.45, 7) is 6.84. The van der Waals surface area contributed by atoms with E-state index in [9.17, 15) is 61.3 Å². The first-order valence-corrected chi connectivity index (χ1v) is 23.4. The van der Waals surface area contributed by atoms with E-state index in [4.69, 9.17) is 33.2 Å². The second-order valence-corrected chi connectivity index (χ2v) is 21.0. The van der Waals surface area contributed by atoms with Crippen molar-refractivity contribution in [2.75, 3.05) is 19.8 Å². The molecule has 0 aromatic heterocycles. The standard InChI is InChI=1S/C44H74O19/c1-18(57-39-35(53)32(50)30(48)26(15-45)59-39)7-12-44(56)19(2)29-25(63-44)14-24-22-6-5-20-13-21(8-10-42(20,3)23(22)9-11-43(24,29)4)58-40-37(55)34(52)38(28(17-47)61-40)62-41-36(54)33(51)31(49)27(16-46)60-41/h18-41,45-56H,5-17H2,1-4H3/t18-,19-,20?,21?,22?,23?,24?,25?,26+,27+,28+,29?,30+,31+,32-,33-,34+,35+,36+,37+,38-,39+,40+,41+,42?,43?,44+/m0/s1. The van der Waals surface area contributed by atoms with Crippen molar-refractivity contribution in [2.45, 2.75) is 208 Å². The third-order valence-electron chi connectivity index (χ3n) is 17.7. The van der Waals surface area contributed by atoms with Crippen molar-refractivity contribution in [1.82, 2.24) is 0 Å². The molecular formula is C44H74O19. The number of ether oxygens (including phenoxy) is 7. The average molecular weight is 907 g/mol. The van der Waals surface area contributed by atoms with Crippen molar-refractivity contribution in [3.05, 3.63) is 0 Å². The molecule has 4 saturated carbocycles. The predicted octanol–water partition coefficient (Wildman–Crippen LogP) is -2.03. The van der Waals surface area contributed by atoms with E-state index in [-0.39, 0.29) is 34.9 Å². The van der Waals surface area contributed by atoms with Crippen molar-refractivity contribution in [2.24, 2.45) is 46.3 Å². The molecule has 9 unspecified atom stereocenters. The van der Waals surface area contributed by atoms with E-state index in [1.54, 1.807) is 6.92 Å². The first-order valence-electron chi connectivity index (χ1n) is 23.4. The summed E-state index contributed by atoms with van der Waals surface area (Å²) in [6, 6.07) is 0. The Morgan fingerprint density at radius 1 is 0.619 bits per heavy atom. The highest BCUT2D eigenvalue weighted by Gasteiger charge is 2.68. The summed E-state index contributed by atoms with van der Waals surface area (Å²) in [6.07, 6.45) is -14.6. The molecule has 8 aliphatic rings. The molecule has 63 heavy (non-hydrogen) atoms. The topological polar surface area (TPSA) is 307 Å². The normalized spacial score (nSPS) is 56.3. The van der Waals surface area contributed by atoms with Crippen LogP contribution in [0.25, 0.3) is 0 Å². The summed E-state index contributed by atoms with van der Waals surface area (Å²) < 4.78 is 41.6. The number of rotatable bonds is 12. The number of hydrogen-bond donors (Lipinski definition) is 12. The molecule has 0 bridgehead atoms. The monoisotopic (exact) mass is 906 g/mol. The Morgan fingerprint density at radius 2 is 1.19 bits per heavy atom. The second kappa shape index (κ2) is 18.6. The lowest BCUT2D eigenvalue weighted by Crippen LogP contribution is -2.65. The van der Waals surface area contributed by atoms with Gasteiger partial charge >= 0.3 is 0 Å². The Morgan fingerprint density at radius 3 is 1.84 bits per heavy atom. The van der Waals surface area contributed by atoms with Crippen LogP contribution in [0.1, 0.15) is 91.9 Å². The van der Waals surface area contributed by atoms with Crippen molar-refractivity contribution < 1.29 is 94.4 Å². The molecule has 4 aliphatic carbocycles. The fourth-order valence-electron chi connectivity index (χ4n) is 14.1. The fraction of sp³-hybridized carbons (Fsp3) is 1.00. The van der Waals surface area contributed by atoms with E-state index < -0.39 is 124 Å². The van der Waals surface area contributed by atoms with Gasteiger partial charge in [-0.2, -0.15) is 0 Å². The number of fused-ring (bicyclic) bond motifs is 7. The summed E-state index contributed by atoms with van der Waals surface area (Å²) in [5.74, 6) is 0.484. The maximum absolute atomic E-state index is 12.0. The number of hydrogen-bond acceptors (Lipinski definition) is 19. The molecule has 0 spiro atoms. The van der Waals surface area contributed by atoms with E-state index in [0.717, 1.165) is 44.9 Å². The van der Waals surface area contributed by atoms with Crippen LogP contribution in [0, 0.1) is 46.3 Å². The molecule has 0 radical (unpaired) electrons. The van der Waals surface area contributed by atoms with Gasteiger partial charge in [-0.15, -0.1) is 0 Å². The lowest BCUT2D eigenvalue weighted by atomic mass is 9.44. The Bertz CT molecular complexity index is 1540. The maximum atomic E-state index is 12.0. The minimum atomic E-state index is -1.75. The van der Waals surface area contributed by atoms with E-state index in [2.05, 4.69) is 20.8 Å². The average Bonchev–Trinajstić information content (AvgIpc) is 3.70. The SMILES string of the molecule is C[C@@H](CC[C@@]1(O)OC2CC3C4CCC5CC(O[C@@H]6O[C@H](CO)[C@H](O[C@H]7O[C@H](CO)[C@@H](O)[C@H](O)[C@H]7O)[C@H](O)[C@H]6O)CCC5(C)C4CCC3(C)C2[C@@H]1C)O[C@@H]1O[C@H](CO)[C@@H](O)[C@H](O)[C@H]1O. The molecule has 4 aliphatic heterocycles. The van der Waals surface area contributed by atoms with Gasteiger partial charge in [-0.1, -0.05) is 20.8 Å². The van der Waals surface area contributed by atoms with Crippen LogP contribution in [-0.2, 0) is 33.2 Å². The predicted molar refractivity (Wildman–Crippen MR) is 214 cm³/mol. The van der Waals surface area contributed by atoms with Crippen LogP contribution in [0.3, 0.4) is 0 Å². The Balaban J connectivity index is 0.849. The number of aliphatic hydroxyl groups is 12. The van der Waals surface area contributed by atoms with E-state index >= 15 is 0 Å². The molecule has 0 amide bonds. The minimum absolute atomic E-state index is 0.0133. The summed E-state index contributed by atoms with van der Waals surface area (Å²) in [5, 5.41) is 125. The first-order chi connectivity index (χ1) is 29.8. The highest BCUT2D eigenvalue weighted by atomic mass is 16.7. The van der Waals surface area contributed by atoms with Crippen LogP contribution in [0.15, 0.2) is 0 Å². The highest BCUT2D eigenvalue weighted by molar-refractivity contribution is 5.15. The van der Waals surface area contributed by atoms with Crippen LogP contribution in [0.5, 0.6) is 0 Å². The summed E-state index contributed by atoms with van der Waals surface area (Å²) >= 11 is 0. The smallest absolute Gasteiger partial charge is 0.187 e. The molecule has 8 fully saturated rings. The van der Waals surface area contributed by atoms with E-state index in [0.29, 0.717) is 42.9 Å². The largest absolute Gasteiger partial charge is 0.394 e. The summed E-state index contributed by atoms with van der Waals surface area (Å²) in [7, 11) is 0. The summed E-state index contributed by atoms with van der Waals surface area (Å²) in [4.78, 5) is 0. The molecule has 19 heteroatoms. The van der Waals surface area contributed by atoms with Gasteiger partial charge in [0.1, 0.15) is 73.2 Å². The first kappa shape index (κ1) is 48.7. The molecule has 12 N–H and O–H groups in total. The Kier molecular flexibility index (Phi) is 14.4. The van der Waals surface area contributed by atoms with E-state index in [1.165, 1.54) is 0 Å². The van der Waals surface area contributed by atoms with Crippen LogP contribution < -0.4 is 0 Å². The molecule has 19 nitrogen and oxygen atoms in total. The van der Waals surface area contributed by atoms with Gasteiger partial charge in [0.15, 0.2) is 24.7 Å². The molecule has 8 rings (SSSR count). The van der Waals surface area contributed by atoms with Crippen molar-refractivity contribution in [1.29, 1.82) is 0 Å². The van der Waals surface area contributed by atoms with Gasteiger partial charge < -0.3 is 94.4 Å². The molecule has 0 aromatic carbocycles. The minimum Gasteiger partial charge on any atom is -0.394 e. The van der Waals surface area contributed by atoms with Crippen molar-refractivity contribution in [3.63, 3.8) is 0 Å². The van der Waals surface area contributed by atoms with Gasteiger partial charge in [-0.3, -0.25) is 0 Å². The van der Waals surface area contributed by atoms with Gasteiger partial charge in [0, 0.05) is 12.3 Å². The van der Waals surface area contributed by atoms with Gasteiger partial charge in [0.2, 0.25) is 0 Å². The van der Waals surface area contributed by atoms with Crippen molar-refractivity contribution >= 4 is 0 Å². The lowest BCUT2D eigenvalue weighted by Gasteiger charge is -2.61. The van der Waals surface area contributed by atoms with Gasteiger partial charge in [0.05, 0.1) is 38.1 Å². The Labute approximate surface area is 368 Å². The molecule has 364 valence electrons. The Hall–Kier alpha value is -0.760. The van der Waals surface area contributed by atoms with Gasteiger partial charge in [-0.25, -0.2) is 0 Å².